The molecule has 0 fully saturated rings. The molecule has 0 heterocycles. The van der Waals surface area contributed by atoms with Crippen molar-refractivity contribution >= 4 is 23.9 Å². The summed E-state index contributed by atoms with van der Waals surface area (Å²) < 4.78 is 43.9. The molecular formula is C11H13N2O4PS. The molecule has 1 N–H and O–H groups in total. The van der Waals surface area contributed by atoms with Crippen LogP contribution in [0, 0.1) is 6.92 Å². The maximum absolute atomic E-state index is 11.7. The van der Waals surface area contributed by atoms with Crippen LogP contribution in [-0.4, -0.2) is 20.8 Å². The Bertz CT molecular complexity index is 638. The first-order chi connectivity index (χ1) is 8.92. The summed E-state index contributed by atoms with van der Waals surface area (Å²) in [6.07, 6.45) is 3.77. The second-order valence-corrected chi connectivity index (χ2v) is 6.32. The number of nitrogens with zero attached hydrogens (tertiary/aromatic N) is 1. The second kappa shape index (κ2) is 7.01. The lowest BCUT2D eigenvalue weighted by molar-refractivity contribution is 0.517. The Balaban J connectivity index is 2.63. The molecule has 0 amide bonds. The molecule has 19 heavy (non-hydrogen) atoms. The number of rotatable bonds is 6. The van der Waals surface area contributed by atoms with Crippen molar-refractivity contribution in [3.05, 3.63) is 42.0 Å². The van der Waals surface area contributed by atoms with Gasteiger partial charge in [0.2, 0.25) is 0 Å². The number of hydrazone groups is 1. The zero-order valence-electron chi connectivity index (χ0n) is 10.2. The van der Waals surface area contributed by atoms with Gasteiger partial charge in [0.25, 0.3) is 10.0 Å². The molecule has 0 aliphatic carbocycles. The standard InChI is InChI=1S/C11H13N2O4PS/c1-10-4-6-11(7-5-10)19(16,17)13-12-8-2-3-9-18(14)15/h2-8,13H,9H2,1H3/b3-2+,12-8+. The van der Waals surface area contributed by atoms with Crippen molar-refractivity contribution in [3.8, 4) is 0 Å². The molecule has 0 aliphatic heterocycles. The van der Waals surface area contributed by atoms with E-state index < -0.39 is 17.7 Å². The van der Waals surface area contributed by atoms with E-state index in [2.05, 4.69) is 5.10 Å². The van der Waals surface area contributed by atoms with Crippen LogP contribution in [0.25, 0.3) is 0 Å². The summed E-state index contributed by atoms with van der Waals surface area (Å²) in [7, 11) is -6.15. The van der Waals surface area contributed by atoms with Gasteiger partial charge in [0.1, 0.15) is 0 Å². The molecule has 0 bridgehead atoms. The molecule has 0 aromatic heterocycles. The minimum absolute atomic E-state index is 0.105. The lowest BCUT2D eigenvalue weighted by Crippen LogP contribution is -2.18. The monoisotopic (exact) mass is 300 g/mol. The van der Waals surface area contributed by atoms with Crippen LogP contribution in [0.3, 0.4) is 0 Å². The third-order valence-electron chi connectivity index (χ3n) is 2.06. The van der Waals surface area contributed by atoms with Gasteiger partial charge in [-0.3, -0.25) is 0 Å². The number of nitrogens with one attached hydrogen (secondary N) is 1. The maximum Gasteiger partial charge on any atom is 0.319 e. The van der Waals surface area contributed by atoms with E-state index in [1.54, 1.807) is 12.1 Å². The molecule has 0 atom stereocenters. The summed E-state index contributed by atoms with van der Waals surface area (Å²) in [5, 5.41) is 3.49. The Kier molecular flexibility index (Phi) is 5.66. The molecule has 0 aliphatic rings. The first kappa shape index (κ1) is 15.3. The van der Waals surface area contributed by atoms with Gasteiger partial charge in [-0.05, 0) is 25.1 Å². The van der Waals surface area contributed by atoms with Crippen molar-refractivity contribution in [1.82, 2.24) is 4.83 Å². The van der Waals surface area contributed by atoms with Crippen LogP contribution in [0.15, 0.2) is 46.4 Å². The highest BCUT2D eigenvalue weighted by molar-refractivity contribution is 7.89. The molecule has 0 radical (unpaired) electrons. The highest BCUT2D eigenvalue weighted by Gasteiger charge is 2.11. The Morgan fingerprint density at radius 3 is 2.47 bits per heavy atom. The van der Waals surface area contributed by atoms with Gasteiger partial charge >= 0.3 is 7.68 Å². The van der Waals surface area contributed by atoms with Crippen molar-refractivity contribution in [1.29, 1.82) is 0 Å². The van der Waals surface area contributed by atoms with Crippen LogP contribution >= 0.6 is 7.68 Å². The van der Waals surface area contributed by atoms with Gasteiger partial charge in [-0.25, -0.2) is 14.0 Å². The number of benzene rings is 1. The van der Waals surface area contributed by atoms with E-state index in [9.17, 15) is 17.5 Å². The zero-order valence-corrected chi connectivity index (χ0v) is 11.9. The Hall–Kier alpha value is -1.72. The van der Waals surface area contributed by atoms with E-state index in [0.29, 0.717) is 0 Å². The number of allylic oxidation sites excluding steroid dienone is 2. The third-order valence-corrected chi connectivity index (χ3v) is 3.80. The fourth-order valence-corrected chi connectivity index (χ4v) is 2.21. The van der Waals surface area contributed by atoms with Crippen LogP contribution < -0.4 is 4.83 Å². The lowest BCUT2D eigenvalue weighted by Gasteiger charge is -2.02. The normalized spacial score (nSPS) is 12.1. The summed E-state index contributed by atoms with van der Waals surface area (Å²) in [5.41, 5.74) is 0.956. The lowest BCUT2D eigenvalue weighted by atomic mass is 10.2. The molecule has 1 aromatic carbocycles. The van der Waals surface area contributed by atoms with Crippen molar-refractivity contribution in [2.75, 3.05) is 6.16 Å². The van der Waals surface area contributed by atoms with Crippen LogP contribution in [-0.2, 0) is 19.2 Å². The van der Waals surface area contributed by atoms with Gasteiger partial charge in [0, 0.05) is 6.21 Å². The third kappa shape index (κ3) is 5.63. The van der Waals surface area contributed by atoms with E-state index in [1.165, 1.54) is 30.5 Å². The van der Waals surface area contributed by atoms with E-state index in [1.807, 2.05) is 11.8 Å². The molecule has 0 saturated heterocycles. The van der Waals surface area contributed by atoms with Gasteiger partial charge < -0.3 is 0 Å². The van der Waals surface area contributed by atoms with Gasteiger partial charge in [0.05, 0.1) is 11.1 Å². The number of aryl methyl sites for hydroxylation is 1. The average molecular weight is 300 g/mol. The summed E-state index contributed by atoms with van der Waals surface area (Å²) in [6, 6.07) is 6.32. The van der Waals surface area contributed by atoms with Crippen molar-refractivity contribution in [3.63, 3.8) is 0 Å². The number of hydrogen-bond donors (Lipinski definition) is 1. The molecule has 0 unspecified atom stereocenters. The minimum Gasteiger partial charge on any atom is -0.237 e. The molecular weight excluding hydrogens is 287 g/mol. The highest BCUT2D eigenvalue weighted by Crippen LogP contribution is 2.09. The number of sulfonamides is 1. The van der Waals surface area contributed by atoms with Gasteiger partial charge in [0.15, 0.2) is 0 Å². The molecule has 0 spiro atoms. The van der Waals surface area contributed by atoms with E-state index in [-0.39, 0.29) is 11.1 Å². The molecule has 102 valence electrons. The molecule has 8 heteroatoms. The average Bonchev–Trinajstić information content (AvgIpc) is 2.34. The first-order valence-electron chi connectivity index (χ1n) is 5.30. The quantitative estimate of drug-likeness (QED) is 0.494. The molecule has 0 saturated carbocycles. The zero-order chi connectivity index (χ0) is 14.3. The minimum atomic E-state index is -3.68. The number of hydrogen-bond acceptors (Lipinski definition) is 5. The maximum atomic E-state index is 11.7. The summed E-state index contributed by atoms with van der Waals surface area (Å²) in [4.78, 5) is 2.14. The van der Waals surface area contributed by atoms with Gasteiger partial charge in [-0.2, -0.15) is 13.5 Å². The van der Waals surface area contributed by atoms with Crippen molar-refractivity contribution < 1.29 is 17.5 Å². The van der Waals surface area contributed by atoms with Crippen LogP contribution in [0.5, 0.6) is 0 Å². The van der Waals surface area contributed by atoms with Crippen LogP contribution in [0.4, 0.5) is 0 Å². The summed E-state index contributed by atoms with van der Waals surface area (Å²) >= 11 is 0. The smallest absolute Gasteiger partial charge is 0.237 e. The first-order valence-corrected chi connectivity index (χ1v) is 8.15. The van der Waals surface area contributed by atoms with Crippen molar-refractivity contribution in [2.24, 2.45) is 5.10 Å². The summed E-state index contributed by atoms with van der Waals surface area (Å²) in [5.74, 6) is 0. The van der Waals surface area contributed by atoms with Gasteiger partial charge in [-0.15, -0.1) is 0 Å². The second-order valence-electron chi connectivity index (χ2n) is 3.63. The molecule has 1 rings (SSSR count). The van der Waals surface area contributed by atoms with E-state index >= 15 is 0 Å². The van der Waals surface area contributed by atoms with Crippen LogP contribution in [0.2, 0.25) is 0 Å². The Morgan fingerprint density at radius 2 is 1.89 bits per heavy atom. The van der Waals surface area contributed by atoms with E-state index in [4.69, 9.17) is 0 Å². The molecule has 1 aromatic rings. The fraction of sp³-hybridized carbons (Fsp3) is 0.182. The highest BCUT2D eigenvalue weighted by atomic mass is 32.2. The van der Waals surface area contributed by atoms with Gasteiger partial charge in [-0.1, -0.05) is 23.8 Å². The predicted octanol–water partition coefficient (Wildman–Crippen LogP) is 1.99. The summed E-state index contributed by atoms with van der Waals surface area (Å²) in [6.45, 7) is 1.85. The predicted molar refractivity (Wildman–Crippen MR) is 72.3 cm³/mol. The van der Waals surface area contributed by atoms with Crippen molar-refractivity contribution in [2.45, 2.75) is 11.8 Å². The Labute approximate surface area is 112 Å². The SMILES string of the molecule is Cc1ccc(S(=O)(=O)N/N=C/C=C/CP(=O)=O)cc1. The molecule has 6 nitrogen and oxygen atoms in total. The largest absolute Gasteiger partial charge is 0.319 e. The van der Waals surface area contributed by atoms with E-state index in [0.717, 1.165) is 5.56 Å². The fourth-order valence-electron chi connectivity index (χ4n) is 1.12. The van der Waals surface area contributed by atoms with Crippen LogP contribution in [0.1, 0.15) is 5.56 Å². The Morgan fingerprint density at radius 1 is 1.26 bits per heavy atom. The topological polar surface area (TPSA) is 92.7 Å².